The van der Waals surface area contributed by atoms with Crippen LogP contribution in [0.2, 0.25) is 0 Å². The molecule has 0 saturated carbocycles. The van der Waals surface area contributed by atoms with Crippen molar-refractivity contribution in [3.63, 3.8) is 0 Å². The van der Waals surface area contributed by atoms with Gasteiger partial charge in [0.2, 0.25) is 0 Å². The van der Waals surface area contributed by atoms with Gasteiger partial charge in [0.25, 0.3) is 0 Å². The van der Waals surface area contributed by atoms with E-state index in [4.69, 9.17) is 4.74 Å². The summed E-state index contributed by atoms with van der Waals surface area (Å²) in [6.45, 7) is 1.66. The third-order valence-electron chi connectivity index (χ3n) is 2.37. The number of hydrogen-bond acceptors (Lipinski definition) is 3. The van der Waals surface area contributed by atoms with Crippen molar-refractivity contribution < 1.29 is 4.74 Å². The van der Waals surface area contributed by atoms with Crippen molar-refractivity contribution in [1.82, 2.24) is 15.5 Å². The first-order valence-corrected chi connectivity index (χ1v) is 5.20. The van der Waals surface area contributed by atoms with Crippen LogP contribution >= 0.6 is 0 Å². The Bertz CT molecular complexity index is 408. The maximum atomic E-state index is 5.10. The standard InChI is InChI=1S/C12H15N3O/c1-16-12-4-2-10(3-5-12)6-13-7-11-8-14-15-9-11/h2-5,8-9,13H,6-7H2,1H3,(H,14,15). The SMILES string of the molecule is COc1ccc(CNCc2cn[nH]c2)cc1. The van der Waals surface area contributed by atoms with Gasteiger partial charge in [-0.25, -0.2) is 0 Å². The quantitative estimate of drug-likeness (QED) is 0.801. The molecule has 1 heterocycles. The highest BCUT2D eigenvalue weighted by molar-refractivity contribution is 5.27. The normalized spacial score (nSPS) is 10.3. The average molecular weight is 217 g/mol. The minimum absolute atomic E-state index is 0.822. The van der Waals surface area contributed by atoms with Crippen molar-refractivity contribution in [2.45, 2.75) is 13.1 Å². The van der Waals surface area contributed by atoms with Crippen molar-refractivity contribution in [2.75, 3.05) is 7.11 Å². The van der Waals surface area contributed by atoms with Crippen molar-refractivity contribution in [1.29, 1.82) is 0 Å². The molecule has 4 heteroatoms. The fraction of sp³-hybridized carbons (Fsp3) is 0.250. The smallest absolute Gasteiger partial charge is 0.118 e. The van der Waals surface area contributed by atoms with E-state index in [9.17, 15) is 0 Å². The van der Waals surface area contributed by atoms with Gasteiger partial charge in [0.15, 0.2) is 0 Å². The molecule has 4 nitrogen and oxygen atoms in total. The van der Waals surface area contributed by atoms with Crippen molar-refractivity contribution in [2.24, 2.45) is 0 Å². The number of rotatable bonds is 5. The van der Waals surface area contributed by atoms with Crippen LogP contribution in [0.4, 0.5) is 0 Å². The van der Waals surface area contributed by atoms with E-state index < -0.39 is 0 Å². The van der Waals surface area contributed by atoms with Crippen LogP contribution in [0.3, 0.4) is 0 Å². The van der Waals surface area contributed by atoms with Crippen LogP contribution < -0.4 is 10.1 Å². The van der Waals surface area contributed by atoms with Gasteiger partial charge in [0.05, 0.1) is 13.3 Å². The minimum Gasteiger partial charge on any atom is -0.497 e. The molecule has 1 aromatic carbocycles. The molecule has 0 saturated heterocycles. The molecule has 0 aliphatic carbocycles. The van der Waals surface area contributed by atoms with E-state index in [-0.39, 0.29) is 0 Å². The van der Waals surface area contributed by atoms with E-state index in [1.807, 2.05) is 24.5 Å². The van der Waals surface area contributed by atoms with E-state index >= 15 is 0 Å². The van der Waals surface area contributed by atoms with Gasteiger partial charge < -0.3 is 10.1 Å². The summed E-state index contributed by atoms with van der Waals surface area (Å²) in [5, 5.41) is 10.0. The van der Waals surface area contributed by atoms with Gasteiger partial charge in [0.1, 0.15) is 5.75 Å². The van der Waals surface area contributed by atoms with Crippen molar-refractivity contribution in [3.8, 4) is 5.75 Å². The molecule has 0 atom stereocenters. The number of benzene rings is 1. The van der Waals surface area contributed by atoms with E-state index in [0.29, 0.717) is 0 Å². The molecule has 0 aliphatic rings. The molecule has 0 bridgehead atoms. The molecule has 16 heavy (non-hydrogen) atoms. The summed E-state index contributed by atoms with van der Waals surface area (Å²) >= 11 is 0. The summed E-state index contributed by atoms with van der Waals surface area (Å²) < 4.78 is 5.10. The molecule has 2 N–H and O–H groups in total. The molecule has 0 aliphatic heterocycles. The Hall–Kier alpha value is -1.81. The Morgan fingerprint density at radius 3 is 2.56 bits per heavy atom. The van der Waals surface area contributed by atoms with Gasteiger partial charge in [-0.1, -0.05) is 12.1 Å². The Balaban J connectivity index is 1.81. The van der Waals surface area contributed by atoms with Crippen LogP contribution in [-0.2, 0) is 13.1 Å². The maximum Gasteiger partial charge on any atom is 0.118 e. The zero-order chi connectivity index (χ0) is 11.2. The highest BCUT2D eigenvalue weighted by atomic mass is 16.5. The molecule has 2 aromatic rings. The first-order valence-electron chi connectivity index (χ1n) is 5.20. The minimum atomic E-state index is 0.822. The van der Waals surface area contributed by atoms with Gasteiger partial charge in [-0.2, -0.15) is 5.10 Å². The van der Waals surface area contributed by atoms with E-state index in [2.05, 4.69) is 27.6 Å². The Labute approximate surface area is 94.6 Å². The summed E-state index contributed by atoms with van der Waals surface area (Å²) in [5.41, 5.74) is 2.40. The molecule has 0 radical (unpaired) electrons. The number of H-pyrrole nitrogens is 1. The molecule has 1 aromatic heterocycles. The van der Waals surface area contributed by atoms with Crippen LogP contribution in [0.1, 0.15) is 11.1 Å². The molecule has 0 fully saturated rings. The Morgan fingerprint density at radius 2 is 1.94 bits per heavy atom. The lowest BCUT2D eigenvalue weighted by molar-refractivity contribution is 0.414. The Morgan fingerprint density at radius 1 is 1.19 bits per heavy atom. The first kappa shape index (κ1) is 10.7. The van der Waals surface area contributed by atoms with Gasteiger partial charge in [-0.05, 0) is 17.7 Å². The predicted molar refractivity (Wildman–Crippen MR) is 62.1 cm³/mol. The van der Waals surface area contributed by atoms with E-state index in [1.165, 1.54) is 5.56 Å². The molecule has 2 rings (SSSR count). The predicted octanol–water partition coefficient (Wildman–Crippen LogP) is 1.71. The zero-order valence-corrected chi connectivity index (χ0v) is 9.23. The van der Waals surface area contributed by atoms with Crippen molar-refractivity contribution >= 4 is 0 Å². The van der Waals surface area contributed by atoms with Crippen LogP contribution in [0.5, 0.6) is 5.75 Å². The highest BCUT2D eigenvalue weighted by Gasteiger charge is 1.95. The number of hydrogen-bond donors (Lipinski definition) is 2. The summed E-state index contributed by atoms with van der Waals surface area (Å²) in [4.78, 5) is 0. The number of aromatic nitrogens is 2. The van der Waals surface area contributed by atoms with Gasteiger partial charge in [-0.3, -0.25) is 5.10 Å². The van der Waals surface area contributed by atoms with Gasteiger partial charge in [0, 0.05) is 24.8 Å². The topological polar surface area (TPSA) is 49.9 Å². The van der Waals surface area contributed by atoms with Crippen molar-refractivity contribution in [3.05, 3.63) is 47.8 Å². The number of nitrogens with one attached hydrogen (secondary N) is 2. The molecular weight excluding hydrogens is 202 g/mol. The third-order valence-corrected chi connectivity index (χ3v) is 2.37. The summed E-state index contributed by atoms with van der Waals surface area (Å²) in [5.74, 6) is 0.888. The summed E-state index contributed by atoms with van der Waals surface area (Å²) in [7, 11) is 1.67. The largest absolute Gasteiger partial charge is 0.497 e. The lowest BCUT2D eigenvalue weighted by Crippen LogP contribution is -2.11. The van der Waals surface area contributed by atoms with Crippen LogP contribution in [0.15, 0.2) is 36.7 Å². The second-order valence-corrected chi connectivity index (χ2v) is 3.56. The van der Waals surface area contributed by atoms with Crippen LogP contribution in [-0.4, -0.2) is 17.3 Å². The van der Waals surface area contributed by atoms with E-state index in [0.717, 1.165) is 24.4 Å². The van der Waals surface area contributed by atoms with Gasteiger partial charge in [-0.15, -0.1) is 0 Å². The van der Waals surface area contributed by atoms with Crippen LogP contribution in [0, 0.1) is 0 Å². The van der Waals surface area contributed by atoms with Crippen LogP contribution in [0.25, 0.3) is 0 Å². The molecule has 84 valence electrons. The first-order chi connectivity index (χ1) is 7.88. The Kier molecular flexibility index (Phi) is 3.56. The lowest BCUT2D eigenvalue weighted by atomic mass is 10.2. The monoisotopic (exact) mass is 217 g/mol. The lowest BCUT2D eigenvalue weighted by Gasteiger charge is -2.04. The average Bonchev–Trinajstić information content (AvgIpc) is 2.83. The fourth-order valence-electron chi connectivity index (χ4n) is 1.47. The maximum absolute atomic E-state index is 5.10. The highest BCUT2D eigenvalue weighted by Crippen LogP contribution is 2.10. The van der Waals surface area contributed by atoms with Gasteiger partial charge >= 0.3 is 0 Å². The molecule has 0 amide bonds. The second kappa shape index (κ2) is 5.32. The number of ether oxygens (including phenoxy) is 1. The third kappa shape index (κ3) is 2.84. The fourth-order valence-corrected chi connectivity index (χ4v) is 1.47. The summed E-state index contributed by atoms with van der Waals surface area (Å²) in [6.07, 6.45) is 3.71. The molecule has 0 spiro atoms. The molecular formula is C12H15N3O. The number of methoxy groups -OCH3 is 1. The van der Waals surface area contributed by atoms with E-state index in [1.54, 1.807) is 7.11 Å². The number of nitrogens with zero attached hydrogens (tertiary/aromatic N) is 1. The molecule has 0 unspecified atom stereocenters. The second-order valence-electron chi connectivity index (χ2n) is 3.56. The zero-order valence-electron chi connectivity index (χ0n) is 9.23. The number of aromatic amines is 1. The summed E-state index contributed by atoms with van der Waals surface area (Å²) in [6, 6.07) is 8.05.